The minimum Gasteiger partial charge on any atom is -0.303 e. The van der Waals surface area contributed by atoms with Crippen molar-refractivity contribution in [2.45, 2.75) is 73.4 Å². The van der Waals surface area contributed by atoms with Crippen molar-refractivity contribution in [2.75, 3.05) is 0 Å². The molecule has 0 aromatic rings. The molecule has 0 saturated carbocycles. The summed E-state index contributed by atoms with van der Waals surface area (Å²) in [5.41, 5.74) is -0.279. The molecular weight excluding hydrogens is 198 g/mol. The maximum atomic E-state index is 12.3. The van der Waals surface area contributed by atoms with Gasteiger partial charge >= 0.3 is 0 Å². The molecule has 16 heavy (non-hydrogen) atoms. The van der Waals surface area contributed by atoms with Crippen molar-refractivity contribution in [3.8, 4) is 0 Å². The van der Waals surface area contributed by atoms with Crippen LogP contribution in [0, 0.1) is 11.3 Å². The van der Waals surface area contributed by atoms with Gasteiger partial charge in [0.1, 0.15) is 0 Å². The van der Waals surface area contributed by atoms with Gasteiger partial charge in [0.2, 0.25) is 0 Å². The molecule has 1 atom stereocenters. The van der Waals surface area contributed by atoms with Gasteiger partial charge in [0.15, 0.2) is 5.78 Å². The second kappa shape index (κ2) is 5.31. The third kappa shape index (κ3) is 6.26. The average molecular weight is 227 g/mol. The lowest BCUT2D eigenvalue weighted by Crippen LogP contribution is -2.51. The number of hydrogen-bond acceptors (Lipinski definition) is 2. The Labute approximate surface area is 101 Å². The molecule has 96 valence electrons. The van der Waals surface area contributed by atoms with Crippen LogP contribution < -0.4 is 5.32 Å². The van der Waals surface area contributed by atoms with Crippen molar-refractivity contribution in [1.29, 1.82) is 0 Å². The number of nitrogens with one attached hydrogen (secondary N) is 1. The van der Waals surface area contributed by atoms with E-state index in [-0.39, 0.29) is 17.0 Å². The van der Waals surface area contributed by atoms with Gasteiger partial charge in [-0.15, -0.1) is 0 Å². The molecule has 0 amide bonds. The van der Waals surface area contributed by atoms with Crippen LogP contribution in [-0.2, 0) is 4.79 Å². The maximum Gasteiger partial charge on any atom is 0.155 e. The summed E-state index contributed by atoms with van der Waals surface area (Å²) >= 11 is 0. The van der Waals surface area contributed by atoms with Crippen molar-refractivity contribution in [2.24, 2.45) is 11.3 Å². The van der Waals surface area contributed by atoms with E-state index in [4.69, 9.17) is 0 Å². The molecule has 0 radical (unpaired) electrons. The lowest BCUT2D eigenvalue weighted by Gasteiger charge is -2.32. The van der Waals surface area contributed by atoms with E-state index in [9.17, 15) is 4.79 Å². The van der Waals surface area contributed by atoms with E-state index in [1.165, 1.54) is 0 Å². The van der Waals surface area contributed by atoms with E-state index in [0.717, 1.165) is 6.42 Å². The molecule has 2 nitrogen and oxygen atoms in total. The van der Waals surface area contributed by atoms with E-state index in [2.05, 4.69) is 39.9 Å². The maximum absolute atomic E-state index is 12.3. The summed E-state index contributed by atoms with van der Waals surface area (Å²) in [5.74, 6) is 0.849. The van der Waals surface area contributed by atoms with Gasteiger partial charge < -0.3 is 5.32 Å². The van der Waals surface area contributed by atoms with E-state index in [1.807, 2.05) is 20.8 Å². The average Bonchev–Trinajstić information content (AvgIpc) is 1.96. The predicted molar refractivity (Wildman–Crippen MR) is 70.6 cm³/mol. The second-order valence-electron chi connectivity index (χ2n) is 7.19. The highest BCUT2D eigenvalue weighted by atomic mass is 16.1. The summed E-state index contributed by atoms with van der Waals surface area (Å²) in [6.45, 7) is 16.6. The van der Waals surface area contributed by atoms with Gasteiger partial charge in [0.05, 0.1) is 6.04 Å². The van der Waals surface area contributed by atoms with Gasteiger partial charge in [-0.25, -0.2) is 0 Å². The monoisotopic (exact) mass is 227 g/mol. The van der Waals surface area contributed by atoms with Crippen LogP contribution in [0.5, 0.6) is 0 Å². The molecule has 0 aromatic carbocycles. The van der Waals surface area contributed by atoms with E-state index < -0.39 is 0 Å². The number of carbonyl (C=O) groups is 1. The highest BCUT2D eigenvalue weighted by Crippen LogP contribution is 2.21. The normalized spacial score (nSPS) is 15.3. The largest absolute Gasteiger partial charge is 0.303 e. The molecular formula is C14H29NO. The van der Waals surface area contributed by atoms with Gasteiger partial charge in [-0.1, -0.05) is 34.6 Å². The lowest BCUT2D eigenvalue weighted by atomic mass is 9.83. The quantitative estimate of drug-likeness (QED) is 0.797. The fraction of sp³-hybridized carbons (Fsp3) is 0.929. The number of hydrogen-bond donors (Lipinski definition) is 1. The van der Waals surface area contributed by atoms with Gasteiger partial charge in [-0.2, -0.15) is 0 Å². The molecule has 0 fully saturated rings. The number of carbonyl (C=O) groups excluding carboxylic acids is 1. The van der Waals surface area contributed by atoms with Crippen LogP contribution in [0.25, 0.3) is 0 Å². The zero-order valence-corrected chi connectivity index (χ0v) is 12.3. The molecule has 0 aliphatic heterocycles. The van der Waals surface area contributed by atoms with Crippen LogP contribution in [0.1, 0.15) is 61.8 Å². The molecule has 0 aliphatic rings. The molecule has 0 unspecified atom stereocenters. The minimum absolute atomic E-state index is 0.0134. The predicted octanol–water partition coefficient (Wildman–Crippen LogP) is 3.40. The third-order valence-corrected chi connectivity index (χ3v) is 2.37. The van der Waals surface area contributed by atoms with Crippen LogP contribution in [0.2, 0.25) is 0 Å². The van der Waals surface area contributed by atoms with E-state index >= 15 is 0 Å². The van der Waals surface area contributed by atoms with Crippen LogP contribution in [0.15, 0.2) is 0 Å². The van der Waals surface area contributed by atoms with Crippen molar-refractivity contribution in [3.05, 3.63) is 0 Å². The highest BCUT2D eigenvalue weighted by Gasteiger charge is 2.32. The SMILES string of the molecule is CC(C)C[C@H](NC(C)(C)C)C(=O)C(C)(C)C. The first-order chi connectivity index (χ1) is 6.93. The van der Waals surface area contributed by atoms with Crippen LogP contribution in [0.4, 0.5) is 0 Å². The highest BCUT2D eigenvalue weighted by molar-refractivity contribution is 5.88. The van der Waals surface area contributed by atoms with Gasteiger partial charge in [0, 0.05) is 11.0 Å². The Hall–Kier alpha value is -0.370. The fourth-order valence-corrected chi connectivity index (χ4v) is 1.75. The Kier molecular flexibility index (Phi) is 5.18. The number of Topliss-reactive ketones (excluding diaryl/α,β-unsaturated/α-hetero) is 1. The van der Waals surface area contributed by atoms with Gasteiger partial charge in [-0.05, 0) is 33.1 Å². The Bertz CT molecular complexity index is 230. The van der Waals surface area contributed by atoms with Gasteiger partial charge in [0.25, 0.3) is 0 Å². The first-order valence-electron chi connectivity index (χ1n) is 6.25. The molecule has 1 N–H and O–H groups in total. The van der Waals surface area contributed by atoms with E-state index in [0.29, 0.717) is 11.7 Å². The summed E-state index contributed by atoms with van der Waals surface area (Å²) in [4.78, 5) is 12.3. The van der Waals surface area contributed by atoms with Crippen molar-refractivity contribution >= 4 is 5.78 Å². The zero-order chi connectivity index (χ0) is 13.1. The molecule has 0 heterocycles. The molecule has 0 aliphatic carbocycles. The summed E-state index contributed by atoms with van der Waals surface area (Å²) in [7, 11) is 0. The Balaban J connectivity index is 4.75. The Morgan fingerprint density at radius 3 is 1.75 bits per heavy atom. The standard InChI is InChI=1S/C14H29NO/c1-10(2)9-11(15-14(6,7)8)12(16)13(3,4)5/h10-11,15H,9H2,1-8H3/t11-/m0/s1. The Morgan fingerprint density at radius 2 is 1.50 bits per heavy atom. The molecule has 0 spiro atoms. The first kappa shape index (κ1) is 15.6. The van der Waals surface area contributed by atoms with Crippen LogP contribution >= 0.6 is 0 Å². The molecule has 0 rings (SSSR count). The van der Waals surface area contributed by atoms with Crippen LogP contribution in [-0.4, -0.2) is 17.4 Å². The number of rotatable bonds is 4. The summed E-state index contributed by atoms with van der Waals surface area (Å²) in [6, 6.07) is -0.0278. The molecule has 0 saturated heterocycles. The van der Waals surface area contributed by atoms with Crippen molar-refractivity contribution in [1.82, 2.24) is 5.32 Å². The summed E-state index contributed by atoms with van der Waals surface area (Å²) in [6.07, 6.45) is 0.910. The topological polar surface area (TPSA) is 29.1 Å². The van der Waals surface area contributed by atoms with Crippen LogP contribution in [0.3, 0.4) is 0 Å². The Morgan fingerprint density at radius 1 is 1.06 bits per heavy atom. The minimum atomic E-state index is -0.266. The second-order valence-corrected chi connectivity index (χ2v) is 7.19. The summed E-state index contributed by atoms with van der Waals surface area (Å²) < 4.78 is 0. The molecule has 0 bridgehead atoms. The number of ketones is 1. The molecule has 0 aromatic heterocycles. The summed E-state index contributed by atoms with van der Waals surface area (Å²) in [5, 5.41) is 3.44. The van der Waals surface area contributed by atoms with Crippen molar-refractivity contribution in [3.63, 3.8) is 0 Å². The van der Waals surface area contributed by atoms with Gasteiger partial charge in [-0.3, -0.25) is 4.79 Å². The van der Waals surface area contributed by atoms with Crippen molar-refractivity contribution < 1.29 is 4.79 Å². The first-order valence-corrected chi connectivity index (χ1v) is 6.25. The fourth-order valence-electron chi connectivity index (χ4n) is 1.75. The lowest BCUT2D eigenvalue weighted by molar-refractivity contribution is -0.129. The van der Waals surface area contributed by atoms with E-state index in [1.54, 1.807) is 0 Å². The third-order valence-electron chi connectivity index (χ3n) is 2.37. The smallest absolute Gasteiger partial charge is 0.155 e. The molecule has 2 heteroatoms. The zero-order valence-electron chi connectivity index (χ0n) is 12.3.